The highest BCUT2D eigenvalue weighted by atomic mass is 16.3. The lowest BCUT2D eigenvalue weighted by molar-refractivity contribution is -0.131. The minimum Gasteiger partial charge on any atom is -0.394 e. The summed E-state index contributed by atoms with van der Waals surface area (Å²) in [6.45, 7) is 6.24. The summed E-state index contributed by atoms with van der Waals surface area (Å²) in [5, 5.41) is 33.1. The third-order valence-corrected chi connectivity index (χ3v) is 9.31. The summed E-state index contributed by atoms with van der Waals surface area (Å²) in [4.78, 5) is 12.4. The van der Waals surface area contributed by atoms with Gasteiger partial charge in [0.25, 0.3) is 0 Å². The van der Waals surface area contributed by atoms with Gasteiger partial charge in [-0.2, -0.15) is 0 Å². The molecule has 0 aromatic rings. The number of carbonyl (C=O) groups excluding carboxylic acids is 1. The van der Waals surface area contributed by atoms with Crippen molar-refractivity contribution in [2.24, 2.45) is 0 Å². The summed E-state index contributed by atoms with van der Waals surface area (Å²) in [5.41, 5.74) is 1.24. The minimum atomic E-state index is -1.11. The summed E-state index contributed by atoms with van der Waals surface area (Å²) in [6.07, 6.45) is 42.7. The van der Waals surface area contributed by atoms with E-state index in [1.807, 2.05) is 6.08 Å². The van der Waals surface area contributed by atoms with Crippen molar-refractivity contribution < 1.29 is 20.1 Å². The normalized spacial score (nSPS) is 14.3. The molecule has 0 aliphatic carbocycles. The molecule has 0 fully saturated rings. The van der Waals surface area contributed by atoms with E-state index in [0.717, 1.165) is 38.5 Å². The van der Waals surface area contributed by atoms with Crippen LogP contribution in [0.2, 0.25) is 0 Å². The Morgan fingerprint density at radius 3 is 1.51 bits per heavy atom. The topological polar surface area (TPSA) is 89.8 Å². The number of hydrogen-bond acceptors (Lipinski definition) is 4. The van der Waals surface area contributed by atoms with Crippen LogP contribution in [0.3, 0.4) is 0 Å². The van der Waals surface area contributed by atoms with Crippen LogP contribution in [0.25, 0.3) is 0 Å². The third kappa shape index (κ3) is 31.6. The first-order valence-corrected chi connectivity index (χ1v) is 20.2. The number of amides is 1. The lowest BCUT2D eigenvalue weighted by atomic mass is 10.0. The molecule has 5 heteroatoms. The number of aliphatic hydroxyl groups excluding tert-OH is 3. The fourth-order valence-corrected chi connectivity index (χ4v) is 6.05. The second kappa shape index (κ2) is 35.9. The van der Waals surface area contributed by atoms with Gasteiger partial charge in [-0.15, -0.1) is 0 Å². The Kier molecular flexibility index (Phi) is 34.8. The smallest absolute Gasteiger partial charge is 0.249 e. The molecule has 0 aliphatic heterocycles. The van der Waals surface area contributed by atoms with E-state index < -0.39 is 24.2 Å². The van der Waals surface area contributed by atoms with Crippen LogP contribution in [0.5, 0.6) is 0 Å². The van der Waals surface area contributed by atoms with Crippen molar-refractivity contribution >= 4 is 5.91 Å². The summed E-state index contributed by atoms with van der Waals surface area (Å²) in [5.74, 6) is -0.519. The lowest BCUT2D eigenvalue weighted by Gasteiger charge is -2.21. The second-order valence-electron chi connectivity index (χ2n) is 14.0. The molecule has 0 spiro atoms. The summed E-state index contributed by atoms with van der Waals surface area (Å²) in [6, 6.07) is -0.823. The van der Waals surface area contributed by atoms with Crippen molar-refractivity contribution in [1.82, 2.24) is 5.32 Å². The quantitative estimate of drug-likeness (QED) is 0.0309. The first-order chi connectivity index (χ1) is 23.0. The van der Waals surface area contributed by atoms with E-state index in [4.69, 9.17) is 0 Å². The predicted octanol–water partition coefficient (Wildman–Crippen LogP) is 11.2. The zero-order valence-corrected chi connectivity index (χ0v) is 31.4. The maximum absolute atomic E-state index is 12.4. The molecule has 0 rings (SSSR count). The van der Waals surface area contributed by atoms with Crippen LogP contribution in [0.1, 0.15) is 201 Å². The van der Waals surface area contributed by atoms with Gasteiger partial charge < -0.3 is 20.6 Å². The molecular weight excluding hydrogens is 582 g/mol. The van der Waals surface area contributed by atoms with E-state index in [0.29, 0.717) is 6.42 Å². The molecule has 0 saturated heterocycles. The van der Waals surface area contributed by atoms with Crippen molar-refractivity contribution in [3.8, 4) is 0 Å². The number of aliphatic hydroxyl groups is 3. The fraction of sp³-hybridized carbons (Fsp3) is 0.833. The predicted molar refractivity (Wildman–Crippen MR) is 204 cm³/mol. The molecule has 1 amide bonds. The van der Waals surface area contributed by atoms with Gasteiger partial charge in [0.05, 0.1) is 18.8 Å². The number of carbonyl (C=O) groups is 1. The molecule has 5 nitrogen and oxygen atoms in total. The van der Waals surface area contributed by atoms with Crippen molar-refractivity contribution in [1.29, 1.82) is 0 Å². The van der Waals surface area contributed by atoms with Crippen molar-refractivity contribution in [2.45, 2.75) is 219 Å². The molecule has 0 saturated carbocycles. The fourth-order valence-electron chi connectivity index (χ4n) is 6.05. The van der Waals surface area contributed by atoms with E-state index in [1.54, 1.807) is 6.08 Å². The third-order valence-electron chi connectivity index (χ3n) is 9.31. The molecule has 47 heavy (non-hydrogen) atoms. The van der Waals surface area contributed by atoms with Gasteiger partial charge in [-0.3, -0.25) is 4.79 Å². The highest BCUT2D eigenvalue weighted by molar-refractivity contribution is 5.80. The summed E-state index contributed by atoms with van der Waals surface area (Å²) < 4.78 is 0. The largest absolute Gasteiger partial charge is 0.394 e. The highest BCUT2D eigenvalue weighted by Gasteiger charge is 2.22. The molecule has 3 unspecified atom stereocenters. The van der Waals surface area contributed by atoms with Crippen molar-refractivity contribution in [2.75, 3.05) is 6.61 Å². The average molecular weight is 662 g/mol. The summed E-state index contributed by atoms with van der Waals surface area (Å²) >= 11 is 0. The van der Waals surface area contributed by atoms with E-state index in [-0.39, 0.29) is 6.61 Å². The Hall–Kier alpha value is -1.43. The number of unbranched alkanes of at least 4 members (excludes halogenated alkanes) is 24. The number of nitrogens with one attached hydrogen (secondary N) is 1. The van der Waals surface area contributed by atoms with Crippen molar-refractivity contribution in [3.63, 3.8) is 0 Å². The van der Waals surface area contributed by atoms with Crippen LogP contribution in [0.15, 0.2) is 36.0 Å². The molecule has 0 aromatic carbocycles. The van der Waals surface area contributed by atoms with E-state index in [1.165, 1.54) is 140 Å². The molecule has 0 bridgehead atoms. The van der Waals surface area contributed by atoms with Gasteiger partial charge in [-0.05, 0) is 39.0 Å². The monoisotopic (exact) mass is 662 g/mol. The standard InChI is InChI=1S/C42H79NO4/c1-4-6-8-10-12-13-14-15-16-17-18-19-20-21-22-23-25-27-31-36-41(46)42(47)43-39(37-44)40(45)35-32-28-30-34-38(3)33-29-26-24-11-9-7-5-2/h29,32-35,39-41,44-46H,4-28,30-31,36-37H2,1-3H3,(H,43,47). The summed E-state index contributed by atoms with van der Waals surface area (Å²) in [7, 11) is 0. The van der Waals surface area contributed by atoms with Crippen LogP contribution in [-0.4, -0.2) is 46.1 Å². The second-order valence-corrected chi connectivity index (χ2v) is 14.0. The maximum Gasteiger partial charge on any atom is 0.249 e. The molecule has 0 heterocycles. The SMILES string of the molecule is CCCCCCCC=CC(C)=CCCC=CC(O)C(CO)NC(=O)C(O)CCCCCCCCCCCCCCCCCCCCC. The molecule has 0 aromatic heterocycles. The first kappa shape index (κ1) is 45.6. The van der Waals surface area contributed by atoms with Gasteiger partial charge in [0.15, 0.2) is 0 Å². The average Bonchev–Trinajstić information content (AvgIpc) is 3.07. The molecule has 0 radical (unpaired) electrons. The molecule has 4 N–H and O–H groups in total. The first-order valence-electron chi connectivity index (χ1n) is 20.2. The van der Waals surface area contributed by atoms with Gasteiger partial charge in [0.1, 0.15) is 6.10 Å². The lowest BCUT2D eigenvalue weighted by Crippen LogP contribution is -2.48. The van der Waals surface area contributed by atoms with Gasteiger partial charge >= 0.3 is 0 Å². The molecule has 276 valence electrons. The van der Waals surface area contributed by atoms with Crippen LogP contribution in [0, 0.1) is 0 Å². The molecule has 3 atom stereocenters. The Bertz CT molecular complexity index is 762. The molecule has 0 aliphatic rings. The van der Waals surface area contributed by atoms with Gasteiger partial charge in [-0.25, -0.2) is 0 Å². The Labute approximate surface area is 292 Å². The molecular formula is C42H79NO4. The van der Waals surface area contributed by atoms with Crippen LogP contribution < -0.4 is 5.32 Å². The van der Waals surface area contributed by atoms with Crippen LogP contribution in [-0.2, 0) is 4.79 Å². The maximum atomic E-state index is 12.4. The Morgan fingerprint density at radius 2 is 1.04 bits per heavy atom. The van der Waals surface area contributed by atoms with E-state index in [2.05, 4.69) is 44.3 Å². The zero-order chi connectivity index (χ0) is 34.6. The number of hydrogen-bond donors (Lipinski definition) is 4. The number of allylic oxidation sites excluding steroid dienone is 5. The van der Waals surface area contributed by atoms with Crippen LogP contribution >= 0.6 is 0 Å². The minimum absolute atomic E-state index is 0.383. The Morgan fingerprint density at radius 1 is 0.596 bits per heavy atom. The van der Waals surface area contributed by atoms with E-state index in [9.17, 15) is 20.1 Å². The van der Waals surface area contributed by atoms with Crippen molar-refractivity contribution in [3.05, 3.63) is 36.0 Å². The van der Waals surface area contributed by atoms with Gasteiger partial charge in [-0.1, -0.05) is 197 Å². The van der Waals surface area contributed by atoms with Gasteiger partial charge in [0.2, 0.25) is 5.91 Å². The highest BCUT2D eigenvalue weighted by Crippen LogP contribution is 2.15. The van der Waals surface area contributed by atoms with Gasteiger partial charge in [0, 0.05) is 0 Å². The van der Waals surface area contributed by atoms with E-state index >= 15 is 0 Å². The Balaban J connectivity index is 3.82. The number of rotatable bonds is 35. The van der Waals surface area contributed by atoms with Crippen LogP contribution in [0.4, 0.5) is 0 Å². The zero-order valence-electron chi connectivity index (χ0n) is 31.4.